The summed E-state index contributed by atoms with van der Waals surface area (Å²) in [7, 11) is 0. The van der Waals surface area contributed by atoms with Gasteiger partial charge in [-0.25, -0.2) is 14.6 Å². The number of aromatic nitrogens is 7. The molecule has 50 heavy (non-hydrogen) atoms. The van der Waals surface area contributed by atoms with Crippen LogP contribution in [0.25, 0.3) is 88.4 Å². The second-order valence-corrected chi connectivity index (χ2v) is 12.7. The molecule has 0 saturated carbocycles. The molecule has 11 rings (SSSR count). The number of fused-ring (bicyclic) bond motifs is 9. The maximum Gasteiger partial charge on any atom is 0.145 e. The van der Waals surface area contributed by atoms with E-state index in [0.717, 1.165) is 61.5 Å². The van der Waals surface area contributed by atoms with E-state index in [-0.39, 0.29) is 0 Å². The first-order valence-corrected chi connectivity index (χ1v) is 16.7. The van der Waals surface area contributed by atoms with Crippen LogP contribution in [0.5, 0.6) is 0 Å². The minimum absolute atomic E-state index is 0.897. The van der Waals surface area contributed by atoms with Gasteiger partial charge in [0.2, 0.25) is 0 Å². The molecule has 7 heteroatoms. The minimum atomic E-state index is 0.897. The Balaban J connectivity index is 1.12. The molecule has 0 unspecified atom stereocenters. The molecule has 6 heterocycles. The highest BCUT2D eigenvalue weighted by atomic mass is 15.3. The van der Waals surface area contributed by atoms with Crippen LogP contribution in [0.2, 0.25) is 0 Å². The Labute approximate surface area is 285 Å². The number of rotatable bonds is 4. The molecule has 0 saturated heterocycles. The van der Waals surface area contributed by atoms with Gasteiger partial charge in [0, 0.05) is 50.4 Å². The predicted octanol–water partition coefficient (Wildman–Crippen LogP) is 9.95. The summed E-state index contributed by atoms with van der Waals surface area (Å²) in [6.45, 7) is 0. The summed E-state index contributed by atoms with van der Waals surface area (Å²) in [6, 6.07) is 49.2. The van der Waals surface area contributed by atoms with E-state index in [2.05, 4.69) is 141 Å². The molecule has 6 aromatic heterocycles. The summed E-state index contributed by atoms with van der Waals surface area (Å²) in [5, 5.41) is 12.0. The molecule has 0 aliphatic carbocycles. The van der Waals surface area contributed by atoms with Gasteiger partial charge in [-0.1, -0.05) is 72.8 Å². The predicted molar refractivity (Wildman–Crippen MR) is 202 cm³/mol. The van der Waals surface area contributed by atoms with Gasteiger partial charge in [0.25, 0.3) is 0 Å². The largest absolute Gasteiger partial charge is 0.309 e. The Morgan fingerprint density at radius 3 is 1.68 bits per heavy atom. The molecule has 0 radical (unpaired) electrons. The number of nitrogens with zero attached hydrogens (tertiary/aromatic N) is 7. The average Bonchev–Trinajstić information content (AvgIpc) is 3.94. The standard InChI is InChI=1S/C43H27N7/c1-4-14-37-31(10-1)34-20-18-28(47-27-30(26-46-47)49-38-15-5-3-12-33(38)36-13-9-23-45-43(36)49)24-40(34)48(37)29-19-21-35-32-11-2-6-16-39(32)50(41(35)25-29)42-17-7-8-22-44-42/h1-27H. The lowest BCUT2D eigenvalue weighted by atomic mass is 10.1. The van der Waals surface area contributed by atoms with Crippen LogP contribution < -0.4 is 0 Å². The number of hydrogen-bond donors (Lipinski definition) is 0. The van der Waals surface area contributed by atoms with E-state index in [9.17, 15) is 0 Å². The van der Waals surface area contributed by atoms with Crippen molar-refractivity contribution in [3.05, 3.63) is 164 Å². The van der Waals surface area contributed by atoms with E-state index in [1.165, 1.54) is 26.9 Å². The Kier molecular flexibility index (Phi) is 5.54. The molecular formula is C43H27N7. The Bertz CT molecular complexity index is 3050. The zero-order valence-corrected chi connectivity index (χ0v) is 26.7. The van der Waals surface area contributed by atoms with Crippen molar-refractivity contribution in [1.82, 2.24) is 33.4 Å². The van der Waals surface area contributed by atoms with Crippen LogP contribution in [0.1, 0.15) is 0 Å². The average molecular weight is 642 g/mol. The monoisotopic (exact) mass is 641 g/mol. The molecule has 0 atom stereocenters. The van der Waals surface area contributed by atoms with Crippen molar-refractivity contribution in [2.45, 2.75) is 0 Å². The normalized spacial score (nSPS) is 12.0. The first-order chi connectivity index (χ1) is 24.8. The summed E-state index contributed by atoms with van der Waals surface area (Å²) < 4.78 is 8.79. The molecule has 0 N–H and O–H groups in total. The van der Waals surface area contributed by atoms with Gasteiger partial charge in [-0.05, 0) is 66.7 Å². The first kappa shape index (κ1) is 27.0. The number of benzene rings is 5. The van der Waals surface area contributed by atoms with E-state index in [0.29, 0.717) is 0 Å². The van der Waals surface area contributed by atoms with E-state index in [4.69, 9.17) is 15.1 Å². The molecule has 7 nitrogen and oxygen atoms in total. The van der Waals surface area contributed by atoms with Crippen molar-refractivity contribution in [3.63, 3.8) is 0 Å². The van der Waals surface area contributed by atoms with Crippen molar-refractivity contribution < 1.29 is 0 Å². The number of hydrogen-bond acceptors (Lipinski definition) is 3. The van der Waals surface area contributed by atoms with Gasteiger partial charge >= 0.3 is 0 Å². The van der Waals surface area contributed by atoms with E-state index in [1.807, 2.05) is 41.5 Å². The summed E-state index contributed by atoms with van der Waals surface area (Å²) in [5.74, 6) is 0.897. The van der Waals surface area contributed by atoms with Crippen LogP contribution in [0, 0.1) is 0 Å². The topological polar surface area (TPSA) is 58.4 Å². The maximum atomic E-state index is 4.88. The molecule has 0 amide bonds. The van der Waals surface area contributed by atoms with E-state index < -0.39 is 0 Å². The van der Waals surface area contributed by atoms with E-state index in [1.54, 1.807) is 0 Å². The van der Waals surface area contributed by atoms with Crippen molar-refractivity contribution in [2.75, 3.05) is 0 Å². The van der Waals surface area contributed by atoms with Gasteiger partial charge in [-0.2, -0.15) is 5.10 Å². The molecule has 0 aliphatic heterocycles. The van der Waals surface area contributed by atoms with Crippen molar-refractivity contribution in [1.29, 1.82) is 0 Å². The van der Waals surface area contributed by atoms with Crippen LogP contribution in [0.3, 0.4) is 0 Å². The van der Waals surface area contributed by atoms with Crippen LogP contribution in [0.15, 0.2) is 164 Å². The highest BCUT2D eigenvalue weighted by Gasteiger charge is 2.18. The minimum Gasteiger partial charge on any atom is -0.309 e. The fraction of sp³-hybridized carbons (Fsp3) is 0. The van der Waals surface area contributed by atoms with E-state index >= 15 is 0 Å². The summed E-state index contributed by atoms with van der Waals surface area (Å²) in [4.78, 5) is 9.52. The Hall–Kier alpha value is -6.99. The lowest BCUT2D eigenvalue weighted by Gasteiger charge is -2.11. The highest BCUT2D eigenvalue weighted by molar-refractivity contribution is 6.12. The molecule has 11 aromatic rings. The smallest absolute Gasteiger partial charge is 0.145 e. The zero-order valence-electron chi connectivity index (χ0n) is 26.7. The lowest BCUT2D eigenvalue weighted by Crippen LogP contribution is -1.99. The molecule has 0 spiro atoms. The summed E-state index contributed by atoms with van der Waals surface area (Å²) in [6.07, 6.45) is 7.71. The third kappa shape index (κ3) is 3.77. The number of pyridine rings is 2. The van der Waals surface area contributed by atoms with Gasteiger partial charge in [0.05, 0.1) is 51.4 Å². The molecule has 0 aliphatic rings. The first-order valence-electron chi connectivity index (χ1n) is 16.7. The Morgan fingerprint density at radius 1 is 0.380 bits per heavy atom. The molecule has 234 valence electrons. The third-order valence-corrected chi connectivity index (χ3v) is 9.98. The van der Waals surface area contributed by atoms with Crippen molar-refractivity contribution >= 4 is 65.5 Å². The van der Waals surface area contributed by atoms with Crippen LogP contribution >= 0.6 is 0 Å². The molecule has 0 bridgehead atoms. The maximum absolute atomic E-state index is 4.88. The number of para-hydroxylation sites is 3. The SMILES string of the molecule is c1ccc(-n2c3ccccc3c3ccc(-n4c5ccccc5c5ccc(-n6cc(-n7c8ccccc8c8cccnc87)cn6)cc54)cc32)nc1. The quantitative estimate of drug-likeness (QED) is 0.192. The summed E-state index contributed by atoms with van der Waals surface area (Å²) in [5.41, 5.74) is 9.55. The molecular weight excluding hydrogens is 615 g/mol. The van der Waals surface area contributed by atoms with Crippen LogP contribution in [0.4, 0.5) is 0 Å². The van der Waals surface area contributed by atoms with Gasteiger partial charge in [0.1, 0.15) is 11.5 Å². The van der Waals surface area contributed by atoms with Crippen LogP contribution in [-0.2, 0) is 0 Å². The second-order valence-electron chi connectivity index (χ2n) is 12.7. The van der Waals surface area contributed by atoms with Gasteiger partial charge < -0.3 is 4.57 Å². The molecule has 5 aromatic carbocycles. The molecule has 0 fully saturated rings. The van der Waals surface area contributed by atoms with Crippen LogP contribution in [-0.4, -0.2) is 33.4 Å². The van der Waals surface area contributed by atoms with Gasteiger partial charge in [-0.3, -0.25) is 9.13 Å². The lowest BCUT2D eigenvalue weighted by molar-refractivity contribution is 0.881. The van der Waals surface area contributed by atoms with Crippen molar-refractivity contribution in [3.8, 4) is 22.9 Å². The zero-order chi connectivity index (χ0) is 32.8. The fourth-order valence-corrected chi connectivity index (χ4v) is 7.84. The van der Waals surface area contributed by atoms with Crippen molar-refractivity contribution in [2.24, 2.45) is 0 Å². The van der Waals surface area contributed by atoms with Gasteiger partial charge in [0.15, 0.2) is 0 Å². The van der Waals surface area contributed by atoms with Gasteiger partial charge in [-0.15, -0.1) is 0 Å². The fourth-order valence-electron chi connectivity index (χ4n) is 7.84. The highest BCUT2D eigenvalue weighted by Crippen LogP contribution is 2.37. The second kappa shape index (κ2) is 10.3. The Morgan fingerprint density at radius 2 is 0.940 bits per heavy atom. The third-order valence-electron chi connectivity index (χ3n) is 9.98. The summed E-state index contributed by atoms with van der Waals surface area (Å²) >= 11 is 0.